The van der Waals surface area contributed by atoms with Crippen LogP contribution in [-0.2, 0) is 13.0 Å². The average molecular weight is 348 g/mol. The van der Waals surface area contributed by atoms with Crippen molar-refractivity contribution in [3.63, 3.8) is 0 Å². The first-order chi connectivity index (χ1) is 11.7. The zero-order valence-corrected chi connectivity index (χ0v) is 14.8. The Hall–Kier alpha value is -1.93. The van der Waals surface area contributed by atoms with Gasteiger partial charge in [-0.15, -0.1) is 0 Å². The van der Waals surface area contributed by atoms with E-state index >= 15 is 0 Å². The fourth-order valence-corrected chi connectivity index (χ4v) is 3.56. The Kier molecular flexibility index (Phi) is 5.81. The van der Waals surface area contributed by atoms with Gasteiger partial charge in [0.2, 0.25) is 0 Å². The number of hydrogen-bond donors (Lipinski definition) is 1. The van der Waals surface area contributed by atoms with Gasteiger partial charge in [-0.1, -0.05) is 0 Å². The number of nitrogens with one attached hydrogen (secondary N) is 1. The van der Waals surface area contributed by atoms with E-state index in [1.54, 1.807) is 24.0 Å². The lowest BCUT2D eigenvalue weighted by Crippen LogP contribution is -2.53. The maximum absolute atomic E-state index is 12.4. The van der Waals surface area contributed by atoms with Crippen molar-refractivity contribution >= 4 is 17.4 Å². The maximum Gasteiger partial charge on any atom is 0.317 e. The molecule has 2 aromatic heterocycles. The van der Waals surface area contributed by atoms with Crippen LogP contribution in [0.3, 0.4) is 0 Å². The van der Waals surface area contributed by atoms with Crippen LogP contribution in [0.25, 0.3) is 0 Å². The third-order valence-corrected chi connectivity index (χ3v) is 5.00. The van der Waals surface area contributed by atoms with Crippen LogP contribution >= 0.6 is 11.3 Å². The monoisotopic (exact) mass is 348 g/mol. The average Bonchev–Trinajstić information content (AvgIpc) is 3.27. The van der Waals surface area contributed by atoms with Crippen LogP contribution in [0, 0.1) is 0 Å². The molecule has 130 valence electrons. The predicted molar refractivity (Wildman–Crippen MR) is 94.1 cm³/mol. The standard InChI is InChI=1S/C16H24N6OS/c1-14(10-15-2-9-24-11-15)19-16(23)21-6-3-20(4-7-21)5-8-22-13-17-12-18-22/h2,9,11-14H,3-8,10H2,1H3,(H,19,23)/t14-/m1/s1. The van der Waals surface area contributed by atoms with E-state index < -0.39 is 0 Å². The van der Waals surface area contributed by atoms with Gasteiger partial charge in [-0.3, -0.25) is 9.58 Å². The SMILES string of the molecule is C[C@H](Cc1ccsc1)NC(=O)N1CCN(CCn2cncn2)CC1. The molecule has 1 atom stereocenters. The lowest BCUT2D eigenvalue weighted by atomic mass is 10.1. The third-order valence-electron chi connectivity index (χ3n) is 4.26. The molecule has 0 spiro atoms. The van der Waals surface area contributed by atoms with E-state index in [1.165, 1.54) is 5.56 Å². The van der Waals surface area contributed by atoms with Crippen molar-refractivity contribution < 1.29 is 4.79 Å². The predicted octanol–water partition coefficient (Wildman–Crippen LogP) is 1.30. The number of amides is 2. The number of piperazine rings is 1. The second-order valence-corrected chi connectivity index (χ2v) is 6.95. The Morgan fingerprint density at radius 1 is 1.33 bits per heavy atom. The van der Waals surface area contributed by atoms with Crippen LogP contribution < -0.4 is 5.32 Å². The molecule has 2 amide bonds. The van der Waals surface area contributed by atoms with Crippen molar-refractivity contribution in [3.05, 3.63) is 35.0 Å². The van der Waals surface area contributed by atoms with E-state index in [2.05, 4.69) is 44.0 Å². The number of thiophene rings is 1. The molecule has 3 heterocycles. The van der Waals surface area contributed by atoms with E-state index in [0.29, 0.717) is 0 Å². The summed E-state index contributed by atoms with van der Waals surface area (Å²) in [4.78, 5) is 20.6. The number of carbonyl (C=O) groups is 1. The minimum atomic E-state index is 0.0497. The Morgan fingerprint density at radius 2 is 2.17 bits per heavy atom. The lowest BCUT2D eigenvalue weighted by molar-refractivity contribution is 0.134. The fraction of sp³-hybridized carbons (Fsp3) is 0.562. The molecule has 1 aliphatic rings. The van der Waals surface area contributed by atoms with Gasteiger partial charge in [0.15, 0.2) is 0 Å². The van der Waals surface area contributed by atoms with Crippen molar-refractivity contribution in [3.8, 4) is 0 Å². The highest BCUT2D eigenvalue weighted by atomic mass is 32.1. The summed E-state index contributed by atoms with van der Waals surface area (Å²) in [6.07, 6.45) is 4.17. The lowest BCUT2D eigenvalue weighted by Gasteiger charge is -2.35. The molecule has 0 saturated carbocycles. The summed E-state index contributed by atoms with van der Waals surface area (Å²) in [6, 6.07) is 2.31. The molecule has 1 N–H and O–H groups in total. The Morgan fingerprint density at radius 3 is 2.83 bits per heavy atom. The molecule has 8 heteroatoms. The van der Waals surface area contributed by atoms with Gasteiger partial charge in [-0.25, -0.2) is 9.78 Å². The minimum absolute atomic E-state index is 0.0497. The van der Waals surface area contributed by atoms with Crippen molar-refractivity contribution in [1.82, 2.24) is 29.9 Å². The van der Waals surface area contributed by atoms with Crippen LogP contribution in [0.4, 0.5) is 4.79 Å². The highest BCUT2D eigenvalue weighted by Crippen LogP contribution is 2.09. The van der Waals surface area contributed by atoms with E-state index in [-0.39, 0.29) is 12.1 Å². The molecule has 24 heavy (non-hydrogen) atoms. The molecular weight excluding hydrogens is 324 g/mol. The van der Waals surface area contributed by atoms with Crippen molar-refractivity contribution in [2.24, 2.45) is 0 Å². The van der Waals surface area contributed by atoms with Crippen LogP contribution in [0.5, 0.6) is 0 Å². The number of rotatable bonds is 6. The molecule has 0 radical (unpaired) electrons. The topological polar surface area (TPSA) is 66.3 Å². The van der Waals surface area contributed by atoms with Gasteiger partial charge in [-0.05, 0) is 35.7 Å². The van der Waals surface area contributed by atoms with Gasteiger partial charge in [0.05, 0.1) is 6.54 Å². The summed E-state index contributed by atoms with van der Waals surface area (Å²) in [6.45, 7) is 7.19. The van der Waals surface area contributed by atoms with E-state index in [9.17, 15) is 4.79 Å². The first-order valence-electron chi connectivity index (χ1n) is 8.32. The molecule has 0 aromatic carbocycles. The summed E-state index contributed by atoms with van der Waals surface area (Å²) in [5.41, 5.74) is 1.28. The smallest absolute Gasteiger partial charge is 0.317 e. The van der Waals surface area contributed by atoms with Gasteiger partial charge >= 0.3 is 6.03 Å². The van der Waals surface area contributed by atoms with Gasteiger partial charge < -0.3 is 10.2 Å². The first kappa shape index (κ1) is 16.9. The highest BCUT2D eigenvalue weighted by molar-refractivity contribution is 7.07. The molecule has 3 rings (SSSR count). The van der Waals surface area contributed by atoms with Crippen molar-refractivity contribution in [2.75, 3.05) is 32.7 Å². The van der Waals surface area contributed by atoms with E-state index in [4.69, 9.17) is 0 Å². The Bertz CT molecular complexity index is 607. The van der Waals surface area contributed by atoms with Crippen molar-refractivity contribution in [2.45, 2.75) is 25.9 Å². The molecule has 1 saturated heterocycles. The summed E-state index contributed by atoms with van der Waals surface area (Å²) in [7, 11) is 0. The number of carbonyl (C=O) groups excluding carboxylic acids is 1. The fourth-order valence-electron chi connectivity index (χ4n) is 2.88. The Labute approximate surface area is 146 Å². The second-order valence-electron chi connectivity index (χ2n) is 6.17. The molecule has 1 aliphatic heterocycles. The van der Waals surface area contributed by atoms with E-state index in [0.717, 1.165) is 45.7 Å². The second kappa shape index (κ2) is 8.25. The molecule has 0 aliphatic carbocycles. The third kappa shape index (κ3) is 4.78. The van der Waals surface area contributed by atoms with Crippen LogP contribution in [0.1, 0.15) is 12.5 Å². The molecular formula is C16H24N6OS. The zero-order valence-electron chi connectivity index (χ0n) is 14.0. The molecule has 0 bridgehead atoms. The highest BCUT2D eigenvalue weighted by Gasteiger charge is 2.21. The van der Waals surface area contributed by atoms with Crippen LogP contribution in [-0.4, -0.2) is 69.4 Å². The largest absolute Gasteiger partial charge is 0.335 e. The number of aromatic nitrogens is 3. The summed E-state index contributed by atoms with van der Waals surface area (Å²) in [5, 5.41) is 11.4. The normalized spacial score (nSPS) is 17.0. The molecule has 1 fully saturated rings. The first-order valence-corrected chi connectivity index (χ1v) is 9.26. The maximum atomic E-state index is 12.4. The molecule has 7 nitrogen and oxygen atoms in total. The van der Waals surface area contributed by atoms with Gasteiger partial charge in [0.25, 0.3) is 0 Å². The summed E-state index contributed by atoms with van der Waals surface area (Å²) < 4.78 is 1.84. The number of hydrogen-bond acceptors (Lipinski definition) is 5. The van der Waals surface area contributed by atoms with E-state index in [1.807, 2.05) is 9.58 Å². The number of urea groups is 1. The van der Waals surface area contributed by atoms with Gasteiger partial charge in [0, 0.05) is 38.8 Å². The summed E-state index contributed by atoms with van der Waals surface area (Å²) in [5.74, 6) is 0. The summed E-state index contributed by atoms with van der Waals surface area (Å²) >= 11 is 1.69. The molecule has 0 unspecified atom stereocenters. The molecule has 2 aromatic rings. The quantitative estimate of drug-likeness (QED) is 0.854. The Balaban J connectivity index is 1.36. The van der Waals surface area contributed by atoms with Crippen molar-refractivity contribution in [1.29, 1.82) is 0 Å². The van der Waals surface area contributed by atoms with Crippen LogP contribution in [0.2, 0.25) is 0 Å². The minimum Gasteiger partial charge on any atom is -0.335 e. The zero-order chi connectivity index (χ0) is 16.8. The van der Waals surface area contributed by atoms with Gasteiger partial charge in [0.1, 0.15) is 12.7 Å². The number of nitrogens with zero attached hydrogens (tertiary/aromatic N) is 5. The van der Waals surface area contributed by atoms with Gasteiger partial charge in [-0.2, -0.15) is 16.4 Å². The van der Waals surface area contributed by atoms with Crippen LogP contribution in [0.15, 0.2) is 29.5 Å².